The molecule has 0 aromatic rings. The zero-order chi connectivity index (χ0) is 11.0. The lowest BCUT2D eigenvalue weighted by molar-refractivity contribution is 0.111. The van der Waals surface area contributed by atoms with Crippen molar-refractivity contribution in [2.45, 2.75) is 38.5 Å². The number of hydrogen-bond acceptors (Lipinski definition) is 2. The fourth-order valence-electron chi connectivity index (χ4n) is 4.71. The predicted octanol–water partition coefficient (Wildman–Crippen LogP) is 2.11. The first-order valence-electron chi connectivity index (χ1n) is 7.19. The van der Waals surface area contributed by atoms with Crippen molar-refractivity contribution in [2.75, 3.05) is 33.2 Å². The van der Waals surface area contributed by atoms with Gasteiger partial charge in [-0.3, -0.25) is 0 Å². The lowest BCUT2D eigenvalue weighted by atomic mass is 9.66. The zero-order valence-corrected chi connectivity index (χ0v) is 10.7. The van der Waals surface area contributed by atoms with Crippen LogP contribution in [0.1, 0.15) is 38.5 Å². The van der Waals surface area contributed by atoms with Gasteiger partial charge in [0.1, 0.15) is 0 Å². The fourth-order valence-corrected chi connectivity index (χ4v) is 4.71. The average molecular weight is 222 g/mol. The van der Waals surface area contributed by atoms with E-state index in [9.17, 15) is 0 Å². The maximum absolute atomic E-state index is 3.54. The lowest BCUT2D eigenvalue weighted by Crippen LogP contribution is -2.43. The maximum atomic E-state index is 3.54. The van der Waals surface area contributed by atoms with E-state index in [0.717, 1.165) is 11.8 Å². The second-order valence-electron chi connectivity index (χ2n) is 6.46. The Morgan fingerprint density at radius 2 is 1.81 bits per heavy atom. The molecule has 2 nitrogen and oxygen atoms in total. The molecule has 1 spiro atoms. The van der Waals surface area contributed by atoms with Gasteiger partial charge in [0.25, 0.3) is 0 Å². The number of rotatable bonds is 1. The molecular formula is C14H26N2. The molecule has 1 saturated carbocycles. The van der Waals surface area contributed by atoms with Crippen molar-refractivity contribution in [3.05, 3.63) is 0 Å². The largest absolute Gasteiger partial charge is 0.317 e. The Morgan fingerprint density at radius 1 is 1.12 bits per heavy atom. The summed E-state index contributed by atoms with van der Waals surface area (Å²) in [5, 5.41) is 3.54. The van der Waals surface area contributed by atoms with Gasteiger partial charge in [0.2, 0.25) is 0 Å². The van der Waals surface area contributed by atoms with Gasteiger partial charge in [-0.25, -0.2) is 0 Å². The highest BCUT2D eigenvalue weighted by atomic mass is 15.1. The summed E-state index contributed by atoms with van der Waals surface area (Å²) in [5.41, 5.74) is 0.689. The van der Waals surface area contributed by atoms with Crippen molar-refractivity contribution in [1.82, 2.24) is 10.2 Å². The Morgan fingerprint density at radius 3 is 2.50 bits per heavy atom. The van der Waals surface area contributed by atoms with Crippen molar-refractivity contribution in [2.24, 2.45) is 17.3 Å². The van der Waals surface area contributed by atoms with Crippen LogP contribution in [-0.4, -0.2) is 38.1 Å². The number of hydrogen-bond donors (Lipinski definition) is 1. The van der Waals surface area contributed by atoms with Crippen LogP contribution in [0.15, 0.2) is 0 Å². The zero-order valence-electron chi connectivity index (χ0n) is 10.7. The molecule has 3 aliphatic rings. The summed E-state index contributed by atoms with van der Waals surface area (Å²) in [6, 6.07) is 0. The fraction of sp³-hybridized carbons (Fsp3) is 1.00. The molecule has 1 aliphatic carbocycles. The first kappa shape index (κ1) is 11.0. The van der Waals surface area contributed by atoms with Crippen molar-refractivity contribution >= 4 is 0 Å². The molecule has 1 N–H and O–H groups in total. The Hall–Kier alpha value is -0.0800. The minimum absolute atomic E-state index is 0.689. The summed E-state index contributed by atoms with van der Waals surface area (Å²) >= 11 is 0. The van der Waals surface area contributed by atoms with E-state index in [1.807, 2.05) is 0 Å². The van der Waals surface area contributed by atoms with Gasteiger partial charge in [0, 0.05) is 13.1 Å². The molecule has 2 aliphatic heterocycles. The molecule has 3 fully saturated rings. The van der Waals surface area contributed by atoms with Crippen LogP contribution in [0.5, 0.6) is 0 Å². The topological polar surface area (TPSA) is 15.3 Å². The number of nitrogens with zero attached hydrogens (tertiary/aromatic N) is 1. The van der Waals surface area contributed by atoms with Crippen LogP contribution in [0.4, 0.5) is 0 Å². The molecule has 0 amide bonds. The minimum Gasteiger partial charge on any atom is -0.317 e. The third-order valence-corrected chi connectivity index (χ3v) is 5.45. The highest BCUT2D eigenvalue weighted by molar-refractivity contribution is 5.01. The monoisotopic (exact) mass is 222 g/mol. The lowest BCUT2D eigenvalue weighted by Gasteiger charge is -2.41. The summed E-state index contributed by atoms with van der Waals surface area (Å²) < 4.78 is 0. The average Bonchev–Trinajstić information content (AvgIpc) is 2.88. The smallest absolute Gasteiger partial charge is 0.00392 e. The molecule has 1 unspecified atom stereocenters. The standard InChI is InChI=1S/C14H26N2/c1-16-10-13(12-4-2-3-5-12)14(11-16)6-8-15-9-7-14/h12-13,15H,2-11H2,1H3. The Bertz CT molecular complexity index is 239. The Kier molecular flexibility index (Phi) is 2.97. The van der Waals surface area contributed by atoms with E-state index >= 15 is 0 Å². The molecule has 92 valence electrons. The SMILES string of the molecule is CN1CC(C2CCCC2)C2(CCNCC2)C1. The van der Waals surface area contributed by atoms with E-state index in [1.54, 1.807) is 0 Å². The van der Waals surface area contributed by atoms with Crippen molar-refractivity contribution in [1.29, 1.82) is 0 Å². The number of piperidine rings is 1. The highest BCUT2D eigenvalue weighted by Crippen LogP contribution is 2.50. The molecule has 16 heavy (non-hydrogen) atoms. The van der Waals surface area contributed by atoms with Crippen LogP contribution in [0.2, 0.25) is 0 Å². The molecular weight excluding hydrogens is 196 g/mol. The molecule has 3 rings (SSSR count). The molecule has 0 aromatic heterocycles. The van der Waals surface area contributed by atoms with E-state index in [0.29, 0.717) is 5.41 Å². The first-order chi connectivity index (χ1) is 7.80. The van der Waals surface area contributed by atoms with Crippen LogP contribution in [0, 0.1) is 17.3 Å². The van der Waals surface area contributed by atoms with Crippen LogP contribution in [0.25, 0.3) is 0 Å². The van der Waals surface area contributed by atoms with Gasteiger partial charge in [-0.15, -0.1) is 0 Å². The molecule has 0 radical (unpaired) electrons. The van der Waals surface area contributed by atoms with E-state index in [2.05, 4.69) is 17.3 Å². The van der Waals surface area contributed by atoms with Crippen LogP contribution < -0.4 is 5.32 Å². The first-order valence-corrected chi connectivity index (χ1v) is 7.19. The Labute approximate surface area is 99.8 Å². The minimum atomic E-state index is 0.689. The van der Waals surface area contributed by atoms with E-state index in [1.165, 1.54) is 64.7 Å². The maximum Gasteiger partial charge on any atom is 0.00392 e. The normalized spacial score (nSPS) is 36.2. The Balaban J connectivity index is 1.78. The summed E-state index contributed by atoms with van der Waals surface area (Å²) in [4.78, 5) is 2.61. The second kappa shape index (κ2) is 4.30. The number of likely N-dealkylation sites (tertiary alicyclic amines) is 1. The summed E-state index contributed by atoms with van der Waals surface area (Å²) in [6.07, 6.45) is 8.90. The molecule has 1 atom stereocenters. The number of nitrogens with one attached hydrogen (secondary N) is 1. The third-order valence-electron chi connectivity index (χ3n) is 5.45. The summed E-state index contributed by atoms with van der Waals surface area (Å²) in [7, 11) is 2.33. The van der Waals surface area contributed by atoms with Crippen LogP contribution in [-0.2, 0) is 0 Å². The quantitative estimate of drug-likeness (QED) is 0.731. The van der Waals surface area contributed by atoms with Gasteiger partial charge < -0.3 is 10.2 Å². The van der Waals surface area contributed by atoms with Gasteiger partial charge in [-0.1, -0.05) is 25.7 Å². The molecule has 2 heterocycles. The summed E-state index contributed by atoms with van der Waals surface area (Å²) in [6.45, 7) is 5.27. The molecule has 0 bridgehead atoms. The van der Waals surface area contributed by atoms with Crippen molar-refractivity contribution in [3.8, 4) is 0 Å². The van der Waals surface area contributed by atoms with Gasteiger partial charge in [0.15, 0.2) is 0 Å². The highest BCUT2D eigenvalue weighted by Gasteiger charge is 2.48. The van der Waals surface area contributed by atoms with Gasteiger partial charge >= 0.3 is 0 Å². The van der Waals surface area contributed by atoms with Gasteiger partial charge in [0.05, 0.1) is 0 Å². The molecule has 0 aromatic carbocycles. The van der Waals surface area contributed by atoms with Gasteiger partial charge in [-0.05, 0) is 50.2 Å². The van der Waals surface area contributed by atoms with E-state index in [-0.39, 0.29) is 0 Å². The van der Waals surface area contributed by atoms with E-state index in [4.69, 9.17) is 0 Å². The molecule has 2 saturated heterocycles. The van der Waals surface area contributed by atoms with Crippen molar-refractivity contribution in [3.63, 3.8) is 0 Å². The third kappa shape index (κ3) is 1.80. The van der Waals surface area contributed by atoms with E-state index < -0.39 is 0 Å². The summed E-state index contributed by atoms with van der Waals surface area (Å²) in [5.74, 6) is 2.07. The van der Waals surface area contributed by atoms with Gasteiger partial charge in [-0.2, -0.15) is 0 Å². The van der Waals surface area contributed by atoms with Crippen LogP contribution >= 0.6 is 0 Å². The second-order valence-corrected chi connectivity index (χ2v) is 6.46. The predicted molar refractivity (Wildman–Crippen MR) is 67.5 cm³/mol. The van der Waals surface area contributed by atoms with Crippen LogP contribution in [0.3, 0.4) is 0 Å². The van der Waals surface area contributed by atoms with Crippen molar-refractivity contribution < 1.29 is 0 Å². The molecule has 2 heteroatoms.